The molecule has 0 spiro atoms. The van der Waals surface area contributed by atoms with Crippen LogP contribution >= 0.6 is 0 Å². The lowest BCUT2D eigenvalue weighted by atomic mass is 9.79. The molecule has 1 aliphatic heterocycles. The molecular formula is C16H21BF2O5. The van der Waals surface area contributed by atoms with Gasteiger partial charge in [-0.2, -0.15) is 0 Å². The molecular weight excluding hydrogens is 321 g/mol. The Morgan fingerprint density at radius 1 is 1.17 bits per heavy atom. The van der Waals surface area contributed by atoms with Crippen molar-refractivity contribution in [1.82, 2.24) is 0 Å². The fourth-order valence-electron chi connectivity index (χ4n) is 2.23. The van der Waals surface area contributed by atoms with Crippen molar-refractivity contribution in [3.8, 4) is 5.75 Å². The van der Waals surface area contributed by atoms with Gasteiger partial charge in [-0.05, 0) is 51.7 Å². The smallest absolute Gasteiger partial charge is 0.488 e. The number of carboxylic acids is 1. The lowest BCUT2D eigenvalue weighted by molar-refractivity contribution is -0.137. The first-order valence-electron chi connectivity index (χ1n) is 7.73. The summed E-state index contributed by atoms with van der Waals surface area (Å²) in [6.07, 6.45) is 0.0302. The molecule has 0 unspecified atom stereocenters. The van der Waals surface area contributed by atoms with Gasteiger partial charge in [0.25, 0.3) is 0 Å². The molecule has 0 atom stereocenters. The van der Waals surface area contributed by atoms with E-state index in [1.807, 2.05) is 27.7 Å². The molecule has 0 aliphatic carbocycles. The van der Waals surface area contributed by atoms with Gasteiger partial charge >= 0.3 is 13.1 Å². The molecule has 1 aromatic carbocycles. The number of benzene rings is 1. The summed E-state index contributed by atoms with van der Waals surface area (Å²) < 4.78 is 44.8. The summed E-state index contributed by atoms with van der Waals surface area (Å²) in [6, 6.07) is 2.22. The standard InChI is InChI=1S/C16H21BF2O5/c1-15(2)16(3,4)24-17(23-15)10-8-11(18)14(12(19)9-10)22-7-5-6-13(20)21/h8-9H,5-7H2,1-4H3,(H,20,21). The third-order valence-electron chi connectivity index (χ3n) is 4.33. The lowest BCUT2D eigenvalue weighted by Crippen LogP contribution is -2.41. The Labute approximate surface area is 140 Å². The van der Waals surface area contributed by atoms with Gasteiger partial charge in [-0.25, -0.2) is 8.78 Å². The molecule has 1 saturated heterocycles. The fourth-order valence-corrected chi connectivity index (χ4v) is 2.23. The average molecular weight is 342 g/mol. The molecule has 24 heavy (non-hydrogen) atoms. The average Bonchev–Trinajstić information content (AvgIpc) is 2.65. The highest BCUT2D eigenvalue weighted by atomic mass is 19.1. The molecule has 2 rings (SSSR count). The lowest BCUT2D eigenvalue weighted by Gasteiger charge is -2.32. The van der Waals surface area contributed by atoms with Crippen molar-refractivity contribution in [2.45, 2.75) is 51.7 Å². The first-order chi connectivity index (χ1) is 11.0. The predicted molar refractivity (Wildman–Crippen MR) is 84.4 cm³/mol. The highest BCUT2D eigenvalue weighted by Gasteiger charge is 2.52. The Balaban J connectivity index is 2.11. The SMILES string of the molecule is CC1(C)OB(c2cc(F)c(OCCCC(=O)O)c(F)c2)OC1(C)C. The first-order valence-corrected chi connectivity index (χ1v) is 7.73. The molecule has 8 heteroatoms. The number of ether oxygens (including phenoxy) is 1. The molecule has 1 fully saturated rings. The summed E-state index contributed by atoms with van der Waals surface area (Å²) in [6.45, 7) is 7.30. The topological polar surface area (TPSA) is 65.0 Å². The van der Waals surface area contributed by atoms with Crippen molar-refractivity contribution in [3.05, 3.63) is 23.8 Å². The summed E-state index contributed by atoms with van der Waals surface area (Å²) in [4.78, 5) is 10.4. The van der Waals surface area contributed by atoms with Crippen LogP contribution in [0.5, 0.6) is 5.75 Å². The van der Waals surface area contributed by atoms with E-state index >= 15 is 0 Å². The van der Waals surface area contributed by atoms with Gasteiger partial charge in [0, 0.05) is 6.42 Å². The summed E-state index contributed by atoms with van der Waals surface area (Å²) in [5.41, 5.74) is -1.01. The third-order valence-corrected chi connectivity index (χ3v) is 4.33. The summed E-state index contributed by atoms with van der Waals surface area (Å²) in [5, 5.41) is 8.53. The predicted octanol–water partition coefficient (Wildman–Crippen LogP) is 2.51. The summed E-state index contributed by atoms with van der Waals surface area (Å²) >= 11 is 0. The van der Waals surface area contributed by atoms with E-state index in [4.69, 9.17) is 19.2 Å². The minimum Gasteiger partial charge on any atom is -0.488 e. The number of carbonyl (C=O) groups is 1. The van der Waals surface area contributed by atoms with Crippen molar-refractivity contribution in [3.63, 3.8) is 0 Å². The van der Waals surface area contributed by atoms with E-state index in [0.717, 1.165) is 12.1 Å². The van der Waals surface area contributed by atoms with Gasteiger partial charge in [-0.1, -0.05) is 0 Å². The van der Waals surface area contributed by atoms with Gasteiger partial charge in [-0.3, -0.25) is 4.79 Å². The third kappa shape index (κ3) is 3.87. The van der Waals surface area contributed by atoms with Gasteiger partial charge in [0.2, 0.25) is 0 Å². The monoisotopic (exact) mass is 342 g/mol. The molecule has 0 aromatic heterocycles. The van der Waals surface area contributed by atoms with E-state index in [9.17, 15) is 13.6 Å². The maximum absolute atomic E-state index is 14.1. The molecule has 5 nitrogen and oxygen atoms in total. The minimum atomic E-state index is -0.990. The summed E-state index contributed by atoms with van der Waals surface area (Å²) in [7, 11) is -0.875. The second-order valence-electron chi connectivity index (χ2n) is 6.75. The largest absolute Gasteiger partial charge is 0.495 e. The zero-order valence-corrected chi connectivity index (χ0v) is 14.2. The van der Waals surface area contributed by atoms with Crippen molar-refractivity contribution in [2.24, 2.45) is 0 Å². The van der Waals surface area contributed by atoms with Gasteiger partial charge < -0.3 is 19.2 Å². The van der Waals surface area contributed by atoms with Crippen LogP contribution in [0.3, 0.4) is 0 Å². The maximum Gasteiger partial charge on any atom is 0.495 e. The van der Waals surface area contributed by atoms with Crippen LogP contribution in [0.15, 0.2) is 12.1 Å². The van der Waals surface area contributed by atoms with Crippen molar-refractivity contribution in [2.75, 3.05) is 6.61 Å². The number of aliphatic carboxylic acids is 1. The normalized spacial score (nSPS) is 18.7. The number of hydrogen-bond acceptors (Lipinski definition) is 4. The van der Waals surface area contributed by atoms with Gasteiger partial charge in [-0.15, -0.1) is 0 Å². The Morgan fingerprint density at radius 3 is 2.12 bits per heavy atom. The van der Waals surface area contributed by atoms with Crippen LogP contribution in [0.1, 0.15) is 40.5 Å². The zero-order chi connectivity index (χ0) is 18.1. The number of rotatable bonds is 6. The first kappa shape index (κ1) is 18.7. The van der Waals surface area contributed by atoms with E-state index in [1.54, 1.807) is 0 Å². The molecule has 0 saturated carbocycles. The Hall–Kier alpha value is -1.67. The molecule has 0 radical (unpaired) electrons. The highest BCUT2D eigenvalue weighted by molar-refractivity contribution is 6.62. The van der Waals surface area contributed by atoms with Crippen LogP contribution < -0.4 is 10.2 Å². The number of carboxylic acid groups (broad SMARTS) is 1. The van der Waals surface area contributed by atoms with Gasteiger partial charge in [0.15, 0.2) is 17.4 Å². The van der Waals surface area contributed by atoms with Crippen LogP contribution in [0.4, 0.5) is 8.78 Å². The Bertz CT molecular complexity index is 594. The van der Waals surface area contributed by atoms with Crippen LogP contribution in [-0.4, -0.2) is 36.0 Å². The molecule has 1 aliphatic rings. The Kier molecular flexibility index (Phi) is 5.20. The maximum atomic E-state index is 14.1. The quantitative estimate of drug-likeness (QED) is 0.636. The van der Waals surface area contributed by atoms with E-state index in [2.05, 4.69) is 0 Å². The second kappa shape index (κ2) is 6.68. The molecule has 1 aromatic rings. The highest BCUT2D eigenvalue weighted by Crippen LogP contribution is 2.36. The van der Waals surface area contributed by atoms with Crippen LogP contribution in [0.2, 0.25) is 0 Å². The minimum absolute atomic E-state index is 0.0873. The Morgan fingerprint density at radius 2 is 1.67 bits per heavy atom. The van der Waals surface area contributed by atoms with Crippen LogP contribution in [0, 0.1) is 11.6 Å². The molecule has 0 amide bonds. The van der Waals surface area contributed by atoms with Crippen molar-refractivity contribution in [1.29, 1.82) is 0 Å². The number of hydrogen-bond donors (Lipinski definition) is 1. The fraction of sp³-hybridized carbons (Fsp3) is 0.562. The van der Waals surface area contributed by atoms with Gasteiger partial charge in [0.1, 0.15) is 0 Å². The van der Waals surface area contributed by atoms with Crippen molar-refractivity contribution < 1.29 is 32.7 Å². The van der Waals surface area contributed by atoms with Crippen LogP contribution in [0.25, 0.3) is 0 Å². The van der Waals surface area contributed by atoms with Gasteiger partial charge in [0.05, 0.1) is 17.8 Å². The van der Waals surface area contributed by atoms with E-state index in [-0.39, 0.29) is 24.9 Å². The molecule has 132 valence electrons. The molecule has 1 heterocycles. The zero-order valence-electron chi connectivity index (χ0n) is 14.2. The molecule has 0 bridgehead atoms. The van der Waals surface area contributed by atoms with E-state index < -0.39 is 41.7 Å². The second-order valence-corrected chi connectivity index (χ2v) is 6.75. The van der Waals surface area contributed by atoms with Crippen molar-refractivity contribution >= 4 is 18.6 Å². The molecule has 1 N–H and O–H groups in total. The van der Waals surface area contributed by atoms with Crippen LogP contribution in [-0.2, 0) is 14.1 Å². The summed E-state index contributed by atoms with van der Waals surface area (Å²) in [5.74, 6) is -3.28. The van der Waals surface area contributed by atoms with E-state index in [1.165, 1.54) is 0 Å². The number of halogens is 2. The van der Waals surface area contributed by atoms with E-state index in [0.29, 0.717) is 0 Å².